The van der Waals surface area contributed by atoms with Gasteiger partial charge in [-0.2, -0.15) is 18.3 Å². The summed E-state index contributed by atoms with van der Waals surface area (Å²) in [4.78, 5) is 29.3. The topological polar surface area (TPSA) is 109 Å². The average molecular weight is 536 g/mol. The molecule has 0 fully saturated rings. The van der Waals surface area contributed by atoms with E-state index < -0.39 is 23.6 Å². The predicted molar refractivity (Wildman–Crippen MR) is 139 cm³/mol. The normalized spacial score (nSPS) is 14.8. The van der Waals surface area contributed by atoms with Gasteiger partial charge < -0.3 is 15.7 Å². The number of pyridine rings is 1. The Labute approximate surface area is 221 Å². The number of rotatable bonds is 6. The second kappa shape index (κ2) is 10.2. The molecular weight excluding hydrogens is 511 g/mol. The number of nitrogens with one attached hydrogen (secondary N) is 2. The van der Waals surface area contributed by atoms with E-state index >= 15 is 0 Å². The van der Waals surface area contributed by atoms with Gasteiger partial charge in [0.25, 0.3) is 5.91 Å². The van der Waals surface area contributed by atoms with Crippen molar-refractivity contribution < 1.29 is 27.9 Å². The lowest BCUT2D eigenvalue weighted by atomic mass is 9.92. The molecule has 0 radical (unpaired) electrons. The van der Waals surface area contributed by atoms with Crippen molar-refractivity contribution in [3.05, 3.63) is 83.6 Å². The molecule has 0 saturated heterocycles. The maximum Gasteiger partial charge on any atom is 0.417 e. The summed E-state index contributed by atoms with van der Waals surface area (Å²) in [7, 11) is 1.59. The van der Waals surface area contributed by atoms with Crippen molar-refractivity contribution in [3.63, 3.8) is 0 Å². The number of aromatic nitrogens is 3. The number of aliphatic carboxylic acids is 1. The van der Waals surface area contributed by atoms with Crippen LogP contribution >= 0.6 is 0 Å². The summed E-state index contributed by atoms with van der Waals surface area (Å²) in [6, 6.07) is 15.5. The van der Waals surface area contributed by atoms with Gasteiger partial charge in [-0.05, 0) is 48.2 Å². The van der Waals surface area contributed by atoms with E-state index in [9.17, 15) is 27.9 Å². The Balaban J connectivity index is 1.53. The number of carboxylic acids is 1. The van der Waals surface area contributed by atoms with E-state index in [1.165, 1.54) is 23.0 Å². The summed E-state index contributed by atoms with van der Waals surface area (Å²) < 4.78 is 42.6. The third-order valence-electron chi connectivity index (χ3n) is 6.50. The molecule has 1 amide bonds. The standard InChI is InChI=1S/C28H24F3N5O3/c1-36-10-9-22(35-36)20-13-18(7-8-21(20)28(29,30)31)27(39)33-23-14-19-11-16(12-24(37)38)15-32-26(19)34-25(23)17-5-3-2-4-6-17/h2-10,13-14,16H,11-12,15H2,1H3,(H,32,34)(H,33,39)(H,37,38). The number of alkyl halides is 3. The Morgan fingerprint density at radius 2 is 1.90 bits per heavy atom. The SMILES string of the molecule is Cn1ccc(-c2cc(C(=O)Nc3cc4c(nc3-c3ccccc3)NCC(CC(=O)O)C4)ccc2C(F)(F)F)n1. The lowest BCUT2D eigenvalue weighted by molar-refractivity contribution is -0.138. The van der Waals surface area contributed by atoms with Crippen LogP contribution in [0.4, 0.5) is 24.7 Å². The number of carboxylic acid groups (broad SMARTS) is 1. The van der Waals surface area contributed by atoms with Crippen molar-refractivity contribution in [3.8, 4) is 22.5 Å². The van der Waals surface area contributed by atoms with Crippen LogP contribution in [0.1, 0.15) is 27.9 Å². The van der Waals surface area contributed by atoms with Gasteiger partial charge in [-0.1, -0.05) is 30.3 Å². The molecule has 0 bridgehead atoms. The highest BCUT2D eigenvalue weighted by Crippen LogP contribution is 2.38. The van der Waals surface area contributed by atoms with Gasteiger partial charge in [-0.15, -0.1) is 0 Å². The molecule has 11 heteroatoms. The van der Waals surface area contributed by atoms with Crippen LogP contribution in [-0.4, -0.2) is 38.3 Å². The van der Waals surface area contributed by atoms with E-state index in [0.717, 1.165) is 23.3 Å². The molecule has 3 N–H and O–H groups in total. The van der Waals surface area contributed by atoms with E-state index in [1.807, 2.05) is 30.3 Å². The third kappa shape index (κ3) is 5.62. The molecule has 3 heterocycles. The fraction of sp³-hybridized carbons (Fsp3) is 0.214. The minimum Gasteiger partial charge on any atom is -0.481 e. The molecule has 5 rings (SSSR count). The summed E-state index contributed by atoms with van der Waals surface area (Å²) in [5.41, 5.74) is 1.32. The number of aryl methyl sites for hydroxylation is 1. The zero-order valence-corrected chi connectivity index (χ0v) is 20.8. The van der Waals surface area contributed by atoms with Crippen LogP contribution in [-0.2, 0) is 24.4 Å². The Morgan fingerprint density at radius 1 is 1.13 bits per heavy atom. The molecule has 0 aliphatic carbocycles. The van der Waals surface area contributed by atoms with Gasteiger partial charge >= 0.3 is 12.1 Å². The predicted octanol–water partition coefficient (Wildman–Crippen LogP) is 5.48. The first kappa shape index (κ1) is 26.0. The maximum absolute atomic E-state index is 13.7. The van der Waals surface area contributed by atoms with Gasteiger partial charge in [0.05, 0.1) is 29.1 Å². The second-order valence-electron chi connectivity index (χ2n) is 9.39. The number of nitrogens with zero attached hydrogens (tertiary/aromatic N) is 3. The molecule has 1 atom stereocenters. The summed E-state index contributed by atoms with van der Waals surface area (Å²) in [5.74, 6) is -1.08. The summed E-state index contributed by atoms with van der Waals surface area (Å²) in [6.45, 7) is 0.452. The molecular formula is C28H24F3N5O3. The highest BCUT2D eigenvalue weighted by atomic mass is 19.4. The van der Waals surface area contributed by atoms with Crippen LogP contribution in [0, 0.1) is 5.92 Å². The highest BCUT2D eigenvalue weighted by molar-refractivity contribution is 6.07. The summed E-state index contributed by atoms with van der Waals surface area (Å²) >= 11 is 0. The molecule has 8 nitrogen and oxygen atoms in total. The number of halogens is 3. The molecule has 2 aromatic carbocycles. The lowest BCUT2D eigenvalue weighted by Gasteiger charge is -2.26. The Hall–Kier alpha value is -4.67. The Morgan fingerprint density at radius 3 is 2.56 bits per heavy atom. The van der Waals surface area contributed by atoms with E-state index in [0.29, 0.717) is 30.2 Å². The van der Waals surface area contributed by atoms with E-state index in [4.69, 9.17) is 4.98 Å². The van der Waals surface area contributed by atoms with Crippen molar-refractivity contribution >= 4 is 23.4 Å². The quantitative estimate of drug-likeness (QED) is 0.302. The van der Waals surface area contributed by atoms with Crippen LogP contribution in [0.5, 0.6) is 0 Å². The molecule has 0 saturated carbocycles. The minimum atomic E-state index is -4.63. The fourth-order valence-corrected chi connectivity index (χ4v) is 4.69. The maximum atomic E-state index is 13.7. The van der Waals surface area contributed by atoms with Crippen molar-refractivity contribution in [2.75, 3.05) is 17.2 Å². The van der Waals surface area contributed by atoms with Crippen molar-refractivity contribution in [2.24, 2.45) is 13.0 Å². The molecule has 1 aliphatic heterocycles. The first-order valence-corrected chi connectivity index (χ1v) is 12.2. The molecule has 200 valence electrons. The van der Waals surface area contributed by atoms with Crippen LogP contribution in [0.3, 0.4) is 0 Å². The number of amides is 1. The highest BCUT2D eigenvalue weighted by Gasteiger charge is 2.35. The van der Waals surface area contributed by atoms with Crippen LogP contribution < -0.4 is 10.6 Å². The monoisotopic (exact) mass is 535 g/mol. The van der Waals surface area contributed by atoms with E-state index in [2.05, 4.69) is 15.7 Å². The van der Waals surface area contributed by atoms with Crippen molar-refractivity contribution in [1.82, 2.24) is 14.8 Å². The van der Waals surface area contributed by atoms with Crippen LogP contribution in [0.2, 0.25) is 0 Å². The van der Waals surface area contributed by atoms with Gasteiger partial charge in [-0.25, -0.2) is 4.98 Å². The van der Waals surface area contributed by atoms with Gasteiger partial charge in [0.15, 0.2) is 0 Å². The van der Waals surface area contributed by atoms with Gasteiger partial charge in [0.1, 0.15) is 5.82 Å². The number of carbonyl (C=O) groups is 2. The number of hydrogen-bond acceptors (Lipinski definition) is 5. The third-order valence-corrected chi connectivity index (χ3v) is 6.50. The van der Waals surface area contributed by atoms with Gasteiger partial charge in [-0.3, -0.25) is 14.3 Å². The average Bonchev–Trinajstić information content (AvgIpc) is 3.33. The first-order chi connectivity index (χ1) is 18.6. The van der Waals surface area contributed by atoms with Crippen LogP contribution in [0.25, 0.3) is 22.5 Å². The number of hydrogen-bond donors (Lipinski definition) is 3. The summed E-state index contributed by atoms with van der Waals surface area (Å²) in [6.07, 6.45) is -2.68. The molecule has 4 aromatic rings. The second-order valence-corrected chi connectivity index (χ2v) is 9.39. The molecule has 1 aliphatic rings. The van der Waals surface area contributed by atoms with Gasteiger partial charge in [0.2, 0.25) is 0 Å². The van der Waals surface area contributed by atoms with E-state index in [1.54, 1.807) is 13.1 Å². The molecule has 1 unspecified atom stereocenters. The number of benzene rings is 2. The first-order valence-electron chi connectivity index (χ1n) is 12.2. The fourth-order valence-electron chi connectivity index (χ4n) is 4.69. The van der Waals surface area contributed by atoms with Crippen LogP contribution in [0.15, 0.2) is 66.9 Å². The Kier molecular flexibility index (Phi) is 6.81. The lowest BCUT2D eigenvalue weighted by Crippen LogP contribution is -2.26. The smallest absolute Gasteiger partial charge is 0.417 e. The van der Waals surface area contributed by atoms with E-state index in [-0.39, 0.29) is 29.2 Å². The largest absolute Gasteiger partial charge is 0.481 e. The van der Waals surface area contributed by atoms with Crippen molar-refractivity contribution in [1.29, 1.82) is 0 Å². The van der Waals surface area contributed by atoms with Gasteiger partial charge in [0, 0.05) is 36.5 Å². The number of fused-ring (bicyclic) bond motifs is 1. The zero-order valence-electron chi connectivity index (χ0n) is 20.8. The molecule has 0 spiro atoms. The minimum absolute atomic E-state index is 0.0160. The molecule has 39 heavy (non-hydrogen) atoms. The van der Waals surface area contributed by atoms with Crippen molar-refractivity contribution in [2.45, 2.75) is 19.0 Å². The Bertz CT molecular complexity index is 1550. The molecule has 2 aromatic heterocycles. The number of anilines is 2. The summed E-state index contributed by atoms with van der Waals surface area (Å²) in [5, 5.41) is 19.3. The number of carbonyl (C=O) groups excluding carboxylic acids is 1. The zero-order chi connectivity index (χ0) is 27.7.